The summed E-state index contributed by atoms with van der Waals surface area (Å²) in [6.45, 7) is 10.8. The number of aliphatic hydroxyl groups is 2. The fraction of sp³-hybridized carbons (Fsp3) is 0.680. The molecule has 0 fully saturated rings. The van der Waals surface area contributed by atoms with E-state index in [1.807, 2.05) is 6.92 Å². The minimum atomic E-state index is -0.635. The number of aliphatic hydroxyl groups excluding tert-OH is 1. The fourth-order valence-electron chi connectivity index (χ4n) is 3.74. The lowest BCUT2D eigenvalue weighted by Gasteiger charge is -2.33. The molecule has 2 atom stereocenters. The Bertz CT molecular complexity index is 557. The summed E-state index contributed by atoms with van der Waals surface area (Å²) in [5.41, 5.74) is 4.63. The first-order chi connectivity index (χ1) is 12.7. The van der Waals surface area contributed by atoms with Gasteiger partial charge in [0.15, 0.2) is 0 Å². The summed E-state index contributed by atoms with van der Waals surface area (Å²) >= 11 is 0. The van der Waals surface area contributed by atoms with Crippen LogP contribution in [0, 0.1) is 5.92 Å². The molecule has 2 nitrogen and oxygen atoms in total. The van der Waals surface area contributed by atoms with Gasteiger partial charge >= 0.3 is 0 Å². The second kappa shape index (κ2) is 12.4. The molecule has 0 radical (unpaired) electrons. The number of rotatable bonds is 5. The molecule has 0 bridgehead atoms. The van der Waals surface area contributed by atoms with Crippen LogP contribution in [0.1, 0.15) is 92.4 Å². The monoisotopic (exact) mass is 374 g/mol. The molecule has 2 N–H and O–H groups in total. The van der Waals surface area contributed by atoms with Crippen LogP contribution < -0.4 is 0 Å². The maximum atomic E-state index is 11.2. The van der Waals surface area contributed by atoms with Gasteiger partial charge < -0.3 is 10.2 Å². The predicted molar refractivity (Wildman–Crippen MR) is 118 cm³/mol. The summed E-state index contributed by atoms with van der Waals surface area (Å²) < 4.78 is 0. The second-order valence-corrected chi connectivity index (χ2v) is 8.85. The maximum Gasteiger partial charge on any atom is 0.0653 e. The fourth-order valence-corrected chi connectivity index (χ4v) is 3.74. The smallest absolute Gasteiger partial charge is 0.0653 e. The molecule has 0 aliphatic heterocycles. The van der Waals surface area contributed by atoms with E-state index in [1.165, 1.54) is 16.7 Å². The highest BCUT2D eigenvalue weighted by atomic mass is 16.3. The lowest BCUT2D eigenvalue weighted by molar-refractivity contribution is -0.0105. The molecule has 1 rings (SSSR count). The zero-order valence-corrected chi connectivity index (χ0v) is 18.4. The van der Waals surface area contributed by atoms with Gasteiger partial charge in [-0.15, -0.1) is 0 Å². The summed E-state index contributed by atoms with van der Waals surface area (Å²) in [7, 11) is 0. The number of hydrogen-bond acceptors (Lipinski definition) is 2. The molecule has 0 saturated carbocycles. The first kappa shape index (κ1) is 23.9. The molecule has 0 aromatic carbocycles. The Kier molecular flexibility index (Phi) is 10.9. The number of allylic oxidation sites excluding steroid dienone is 7. The van der Waals surface area contributed by atoms with Gasteiger partial charge in [0, 0.05) is 0 Å². The highest BCUT2D eigenvalue weighted by Gasteiger charge is 2.30. The van der Waals surface area contributed by atoms with E-state index in [9.17, 15) is 10.2 Å². The highest BCUT2D eigenvalue weighted by Crippen LogP contribution is 2.32. The van der Waals surface area contributed by atoms with E-state index < -0.39 is 5.60 Å². The van der Waals surface area contributed by atoms with Gasteiger partial charge in [-0.05, 0) is 104 Å². The van der Waals surface area contributed by atoms with Gasteiger partial charge in [0.05, 0.1) is 12.2 Å². The summed E-state index contributed by atoms with van der Waals surface area (Å²) in [4.78, 5) is 0. The summed E-state index contributed by atoms with van der Waals surface area (Å²) in [5.74, 6) is 0.285. The molecule has 0 aromatic heterocycles. The van der Waals surface area contributed by atoms with Crippen LogP contribution >= 0.6 is 0 Å². The van der Waals surface area contributed by atoms with Crippen LogP contribution in [-0.4, -0.2) is 22.4 Å². The lowest BCUT2D eigenvalue weighted by Crippen LogP contribution is -2.34. The third-order valence-corrected chi connectivity index (χ3v) is 5.85. The highest BCUT2D eigenvalue weighted by molar-refractivity contribution is 5.09. The van der Waals surface area contributed by atoms with Crippen LogP contribution in [0.5, 0.6) is 0 Å². The SMILES string of the molecule is CC(C)=CCC[C@](C)(O)[C@H]1C/C=C(/C)CC/C=C(\CO)CC/C=C(\C)CC1. The van der Waals surface area contributed by atoms with E-state index in [1.54, 1.807) is 0 Å². The molecule has 0 spiro atoms. The average molecular weight is 375 g/mol. The Balaban J connectivity index is 2.90. The van der Waals surface area contributed by atoms with Crippen molar-refractivity contribution in [2.45, 2.75) is 98.0 Å². The topological polar surface area (TPSA) is 40.5 Å². The average Bonchev–Trinajstić information content (AvgIpc) is 2.58. The lowest BCUT2D eigenvalue weighted by atomic mass is 9.79. The van der Waals surface area contributed by atoms with E-state index in [0.717, 1.165) is 63.4 Å². The Morgan fingerprint density at radius 3 is 2.41 bits per heavy atom. The van der Waals surface area contributed by atoms with Gasteiger partial charge in [-0.1, -0.05) is 41.0 Å². The van der Waals surface area contributed by atoms with Crippen molar-refractivity contribution in [3.63, 3.8) is 0 Å². The normalized spacial score (nSPS) is 28.4. The van der Waals surface area contributed by atoms with Crippen molar-refractivity contribution in [3.8, 4) is 0 Å². The van der Waals surface area contributed by atoms with Gasteiger partial charge in [0.1, 0.15) is 0 Å². The van der Waals surface area contributed by atoms with Crippen LogP contribution in [-0.2, 0) is 0 Å². The molecule has 1 aliphatic carbocycles. The van der Waals surface area contributed by atoms with Crippen molar-refractivity contribution < 1.29 is 10.2 Å². The zero-order chi connectivity index (χ0) is 20.3. The minimum absolute atomic E-state index is 0.173. The van der Waals surface area contributed by atoms with Crippen LogP contribution in [0.2, 0.25) is 0 Å². The largest absolute Gasteiger partial charge is 0.392 e. The first-order valence-electron chi connectivity index (χ1n) is 10.7. The molecular formula is C25H42O2. The van der Waals surface area contributed by atoms with E-state index in [0.29, 0.717) is 0 Å². The summed E-state index contributed by atoms with van der Waals surface area (Å²) in [6, 6.07) is 0. The molecule has 27 heavy (non-hydrogen) atoms. The molecule has 0 aromatic rings. The molecular weight excluding hydrogens is 332 g/mol. The van der Waals surface area contributed by atoms with Crippen LogP contribution in [0.3, 0.4) is 0 Å². The van der Waals surface area contributed by atoms with Gasteiger partial charge in [0.25, 0.3) is 0 Å². The molecule has 1 aliphatic rings. The Hall–Kier alpha value is -1.12. The summed E-state index contributed by atoms with van der Waals surface area (Å²) in [6.07, 6.45) is 17.8. The van der Waals surface area contributed by atoms with Crippen molar-refractivity contribution in [1.29, 1.82) is 0 Å². The second-order valence-electron chi connectivity index (χ2n) is 8.85. The zero-order valence-electron chi connectivity index (χ0n) is 18.4. The molecule has 2 heteroatoms. The van der Waals surface area contributed by atoms with Crippen LogP contribution in [0.25, 0.3) is 0 Å². The molecule has 0 unspecified atom stereocenters. The van der Waals surface area contributed by atoms with E-state index in [-0.39, 0.29) is 12.5 Å². The molecule has 154 valence electrons. The molecule has 0 saturated heterocycles. The molecule has 0 heterocycles. The Morgan fingerprint density at radius 2 is 1.74 bits per heavy atom. The van der Waals surface area contributed by atoms with Crippen LogP contribution in [0.4, 0.5) is 0 Å². The van der Waals surface area contributed by atoms with Crippen molar-refractivity contribution in [2.24, 2.45) is 5.92 Å². The van der Waals surface area contributed by atoms with Crippen molar-refractivity contribution in [3.05, 3.63) is 46.6 Å². The van der Waals surface area contributed by atoms with Crippen LogP contribution in [0.15, 0.2) is 46.6 Å². The van der Waals surface area contributed by atoms with Gasteiger partial charge in [-0.3, -0.25) is 0 Å². The Morgan fingerprint density at radius 1 is 1.07 bits per heavy atom. The summed E-state index contributed by atoms with van der Waals surface area (Å²) in [5, 5.41) is 20.7. The third kappa shape index (κ3) is 10.1. The van der Waals surface area contributed by atoms with E-state index >= 15 is 0 Å². The third-order valence-electron chi connectivity index (χ3n) is 5.85. The van der Waals surface area contributed by atoms with Crippen molar-refractivity contribution in [2.75, 3.05) is 6.61 Å². The van der Waals surface area contributed by atoms with Gasteiger partial charge in [-0.2, -0.15) is 0 Å². The first-order valence-corrected chi connectivity index (χ1v) is 10.7. The number of hydrogen-bond donors (Lipinski definition) is 2. The predicted octanol–water partition coefficient (Wildman–Crippen LogP) is 6.66. The quantitative estimate of drug-likeness (QED) is 0.528. The van der Waals surface area contributed by atoms with Gasteiger partial charge in [0.2, 0.25) is 0 Å². The minimum Gasteiger partial charge on any atom is -0.392 e. The maximum absolute atomic E-state index is 11.2. The van der Waals surface area contributed by atoms with E-state index in [4.69, 9.17) is 0 Å². The van der Waals surface area contributed by atoms with Crippen molar-refractivity contribution in [1.82, 2.24) is 0 Å². The van der Waals surface area contributed by atoms with E-state index in [2.05, 4.69) is 52.0 Å². The molecule has 0 amide bonds. The van der Waals surface area contributed by atoms with Crippen molar-refractivity contribution >= 4 is 0 Å². The van der Waals surface area contributed by atoms with Gasteiger partial charge in [-0.25, -0.2) is 0 Å². The Labute approximate surface area is 167 Å². The standard InChI is InChI=1S/C25H42O2/c1-20(2)9-8-18-25(5,27)24-16-14-21(3)10-6-12-23(19-26)13-7-11-22(4)15-17-24/h9-10,13,15,24,26-27H,6-8,11-12,14,16-19H2,1-5H3/b21-10+,22-15-,23-13-/t24-,25+/m1/s1.